The summed E-state index contributed by atoms with van der Waals surface area (Å²) in [5, 5.41) is 0. The van der Waals surface area contributed by atoms with Crippen LogP contribution in [0.2, 0.25) is 0 Å². The number of terminal acetylenes is 1. The Labute approximate surface area is 67.1 Å². The van der Waals surface area contributed by atoms with Crippen molar-refractivity contribution in [1.82, 2.24) is 0 Å². The third kappa shape index (κ3) is 2.08. The number of thiol groups is 1. The van der Waals surface area contributed by atoms with E-state index in [0.717, 1.165) is 25.2 Å². The smallest absolute Gasteiger partial charge is 0.136 e. The van der Waals surface area contributed by atoms with Gasteiger partial charge in [-0.2, -0.15) is 0 Å². The lowest BCUT2D eigenvalue weighted by Crippen LogP contribution is -2.09. The van der Waals surface area contributed by atoms with Crippen molar-refractivity contribution in [3.8, 4) is 12.3 Å². The standard InChI is InChI=1S/C7H11OPS/c1-2-7-3-5-9(8,10)6-4-7/h1,7H,3-6H2,(H,8,10). The summed E-state index contributed by atoms with van der Waals surface area (Å²) in [6.45, 7) is 0. The maximum Gasteiger partial charge on any atom is 0.136 e. The molecule has 0 aromatic carbocycles. The average molecular weight is 174 g/mol. The molecule has 56 valence electrons. The molecule has 10 heavy (non-hydrogen) atoms. The topological polar surface area (TPSA) is 17.1 Å². The zero-order valence-electron chi connectivity index (χ0n) is 5.79. The average Bonchev–Trinajstić information content (AvgIpc) is 1.88. The molecule has 0 saturated carbocycles. The van der Waals surface area contributed by atoms with Crippen molar-refractivity contribution in [2.45, 2.75) is 12.8 Å². The Morgan fingerprint density at radius 2 is 2.00 bits per heavy atom. The quantitative estimate of drug-likeness (QED) is 0.338. The van der Waals surface area contributed by atoms with Gasteiger partial charge in [-0.15, -0.1) is 24.6 Å². The van der Waals surface area contributed by atoms with Crippen LogP contribution in [-0.4, -0.2) is 12.3 Å². The molecular formula is C7H11OPS. The minimum atomic E-state index is -2.04. The van der Waals surface area contributed by atoms with E-state index in [1.165, 1.54) is 0 Å². The molecule has 0 N–H and O–H groups in total. The fraction of sp³-hybridized carbons (Fsp3) is 0.714. The molecular weight excluding hydrogens is 163 g/mol. The molecule has 0 aromatic heterocycles. The van der Waals surface area contributed by atoms with E-state index >= 15 is 0 Å². The van der Waals surface area contributed by atoms with Gasteiger partial charge in [-0.05, 0) is 12.8 Å². The Kier molecular flexibility index (Phi) is 2.50. The van der Waals surface area contributed by atoms with Gasteiger partial charge >= 0.3 is 0 Å². The first-order valence-corrected chi connectivity index (χ1v) is 6.64. The van der Waals surface area contributed by atoms with Gasteiger partial charge in [-0.1, -0.05) is 0 Å². The summed E-state index contributed by atoms with van der Waals surface area (Å²) < 4.78 is 11.3. The normalized spacial score (nSPS) is 40.6. The lowest BCUT2D eigenvalue weighted by molar-refractivity contribution is 0.547. The van der Waals surface area contributed by atoms with Crippen molar-refractivity contribution in [1.29, 1.82) is 0 Å². The highest BCUT2D eigenvalue weighted by Crippen LogP contribution is 2.55. The predicted octanol–water partition coefficient (Wildman–Crippen LogP) is 2.24. The van der Waals surface area contributed by atoms with Crippen LogP contribution in [0.4, 0.5) is 0 Å². The van der Waals surface area contributed by atoms with E-state index in [2.05, 4.69) is 18.2 Å². The molecule has 0 atom stereocenters. The minimum absolute atomic E-state index is 0.356. The summed E-state index contributed by atoms with van der Waals surface area (Å²) in [7, 11) is 0. The molecule has 1 aliphatic heterocycles. The minimum Gasteiger partial charge on any atom is -0.312 e. The van der Waals surface area contributed by atoms with Gasteiger partial charge < -0.3 is 4.57 Å². The third-order valence-electron chi connectivity index (χ3n) is 1.89. The Bertz CT molecular complexity index is 194. The summed E-state index contributed by atoms with van der Waals surface area (Å²) >= 11 is 4.08. The highest BCUT2D eigenvalue weighted by molar-refractivity contribution is 8.48. The van der Waals surface area contributed by atoms with E-state index in [1.807, 2.05) is 0 Å². The van der Waals surface area contributed by atoms with Crippen LogP contribution < -0.4 is 0 Å². The van der Waals surface area contributed by atoms with Crippen molar-refractivity contribution in [3.05, 3.63) is 0 Å². The molecule has 1 rings (SSSR count). The van der Waals surface area contributed by atoms with E-state index in [9.17, 15) is 4.57 Å². The fourth-order valence-corrected chi connectivity index (χ4v) is 3.48. The van der Waals surface area contributed by atoms with Gasteiger partial charge in [-0.3, -0.25) is 0 Å². The van der Waals surface area contributed by atoms with Crippen LogP contribution in [0.3, 0.4) is 0 Å². The van der Waals surface area contributed by atoms with E-state index < -0.39 is 6.34 Å². The molecule has 0 aromatic rings. The molecule has 1 nitrogen and oxygen atoms in total. The molecule has 0 amide bonds. The highest BCUT2D eigenvalue weighted by Gasteiger charge is 2.24. The number of hydrogen-bond donors (Lipinski definition) is 1. The molecule has 0 bridgehead atoms. The van der Waals surface area contributed by atoms with Gasteiger partial charge in [-0.25, -0.2) is 0 Å². The first kappa shape index (κ1) is 8.24. The predicted molar refractivity (Wildman–Crippen MR) is 47.9 cm³/mol. The molecule has 0 spiro atoms. The van der Waals surface area contributed by atoms with E-state index in [-0.39, 0.29) is 0 Å². The van der Waals surface area contributed by atoms with Gasteiger partial charge in [0.2, 0.25) is 0 Å². The van der Waals surface area contributed by atoms with E-state index in [4.69, 9.17) is 6.42 Å². The number of hydrogen-bond acceptors (Lipinski definition) is 1. The van der Waals surface area contributed by atoms with Crippen LogP contribution in [0, 0.1) is 18.3 Å². The lowest BCUT2D eigenvalue weighted by atomic mass is 10.1. The van der Waals surface area contributed by atoms with Gasteiger partial charge in [0.05, 0.1) is 0 Å². The zero-order chi connectivity index (χ0) is 7.61. The van der Waals surface area contributed by atoms with Crippen LogP contribution in [0.1, 0.15) is 12.8 Å². The van der Waals surface area contributed by atoms with Crippen molar-refractivity contribution in [2.75, 3.05) is 12.3 Å². The molecule has 0 radical (unpaired) electrons. The van der Waals surface area contributed by atoms with Crippen molar-refractivity contribution in [2.24, 2.45) is 5.92 Å². The maximum absolute atomic E-state index is 11.3. The van der Waals surface area contributed by atoms with Crippen LogP contribution >= 0.6 is 18.6 Å². The Morgan fingerprint density at radius 1 is 1.50 bits per heavy atom. The first-order valence-electron chi connectivity index (χ1n) is 3.41. The Balaban J connectivity index is 2.48. The van der Waals surface area contributed by atoms with E-state index in [1.54, 1.807) is 0 Å². The third-order valence-corrected chi connectivity index (χ3v) is 5.00. The maximum atomic E-state index is 11.3. The van der Waals surface area contributed by atoms with Gasteiger partial charge in [0, 0.05) is 18.2 Å². The molecule has 1 saturated heterocycles. The summed E-state index contributed by atoms with van der Waals surface area (Å²) in [5.41, 5.74) is 0. The highest BCUT2D eigenvalue weighted by atomic mass is 32.7. The summed E-state index contributed by atoms with van der Waals surface area (Å²) in [5.74, 6) is 3.04. The van der Waals surface area contributed by atoms with Gasteiger partial charge in [0.15, 0.2) is 0 Å². The molecule has 1 aliphatic rings. The zero-order valence-corrected chi connectivity index (χ0v) is 7.57. The molecule has 1 fully saturated rings. The van der Waals surface area contributed by atoms with Crippen LogP contribution in [0.15, 0.2) is 0 Å². The Hall–Kier alpha value is 0.140. The fourth-order valence-electron chi connectivity index (χ4n) is 1.14. The Morgan fingerprint density at radius 3 is 2.40 bits per heavy atom. The number of rotatable bonds is 0. The largest absolute Gasteiger partial charge is 0.312 e. The summed E-state index contributed by atoms with van der Waals surface area (Å²) in [4.78, 5) is 0. The van der Waals surface area contributed by atoms with Crippen LogP contribution in [0.25, 0.3) is 0 Å². The van der Waals surface area contributed by atoms with Crippen LogP contribution in [-0.2, 0) is 4.57 Å². The molecule has 3 heteroatoms. The van der Waals surface area contributed by atoms with Gasteiger partial charge in [0.1, 0.15) is 6.34 Å². The lowest BCUT2D eigenvalue weighted by Gasteiger charge is -2.21. The van der Waals surface area contributed by atoms with Crippen molar-refractivity contribution >= 4 is 18.6 Å². The molecule has 0 unspecified atom stereocenters. The monoisotopic (exact) mass is 174 g/mol. The first-order chi connectivity index (χ1) is 4.64. The second kappa shape index (κ2) is 3.03. The van der Waals surface area contributed by atoms with Crippen LogP contribution in [0.5, 0.6) is 0 Å². The molecule has 1 heterocycles. The summed E-state index contributed by atoms with van der Waals surface area (Å²) in [6, 6.07) is 0. The summed E-state index contributed by atoms with van der Waals surface area (Å²) in [6.07, 6.45) is 6.44. The van der Waals surface area contributed by atoms with E-state index in [0.29, 0.717) is 5.92 Å². The second-order valence-electron chi connectivity index (χ2n) is 2.73. The molecule has 0 aliphatic carbocycles. The van der Waals surface area contributed by atoms with Crippen molar-refractivity contribution in [3.63, 3.8) is 0 Å². The second-order valence-corrected chi connectivity index (χ2v) is 7.51. The van der Waals surface area contributed by atoms with Crippen molar-refractivity contribution < 1.29 is 4.57 Å². The SMILES string of the molecule is C#CC1CCP(=O)(S)CC1. The van der Waals surface area contributed by atoms with Gasteiger partial charge in [0.25, 0.3) is 0 Å².